The Hall–Kier alpha value is -2.93. The molecular formula is C16H16N4O3. The second-order valence-electron chi connectivity index (χ2n) is 5.14. The number of hydrogen-bond acceptors (Lipinski definition) is 6. The third-order valence-electron chi connectivity index (χ3n) is 3.44. The van der Waals surface area contributed by atoms with Crippen molar-refractivity contribution >= 4 is 17.3 Å². The molecule has 118 valence electrons. The van der Waals surface area contributed by atoms with Crippen LogP contribution in [0.1, 0.15) is 5.56 Å². The molecule has 0 amide bonds. The minimum absolute atomic E-state index is 0.0872. The Bertz CT molecular complexity index is 733. The van der Waals surface area contributed by atoms with Gasteiger partial charge in [0, 0.05) is 12.5 Å². The molecule has 2 aromatic rings. The van der Waals surface area contributed by atoms with E-state index in [-0.39, 0.29) is 12.5 Å². The highest BCUT2D eigenvalue weighted by Crippen LogP contribution is 2.29. The molecule has 0 saturated carbocycles. The molecule has 3 N–H and O–H groups in total. The van der Waals surface area contributed by atoms with E-state index in [0.717, 1.165) is 5.56 Å². The van der Waals surface area contributed by atoms with Crippen LogP contribution in [0.4, 0.5) is 11.4 Å². The fraction of sp³-hybridized carbons (Fsp3) is 0.188. The van der Waals surface area contributed by atoms with Gasteiger partial charge in [0.05, 0.1) is 11.4 Å². The highest BCUT2D eigenvalue weighted by molar-refractivity contribution is 5.77. The second kappa shape index (κ2) is 6.45. The van der Waals surface area contributed by atoms with E-state index in [4.69, 9.17) is 10.5 Å². The molecule has 0 fully saturated rings. The molecule has 2 aromatic carbocycles. The van der Waals surface area contributed by atoms with Gasteiger partial charge in [0.25, 0.3) is 0 Å². The number of anilines is 1. The maximum Gasteiger partial charge on any atom is 0.325 e. The fourth-order valence-corrected chi connectivity index (χ4v) is 2.26. The average molecular weight is 312 g/mol. The molecule has 1 aliphatic heterocycles. The summed E-state index contributed by atoms with van der Waals surface area (Å²) in [5.74, 6) is -0.409. The van der Waals surface area contributed by atoms with Crippen molar-refractivity contribution in [2.24, 2.45) is 16.1 Å². The van der Waals surface area contributed by atoms with E-state index in [0.29, 0.717) is 17.8 Å². The molecule has 23 heavy (non-hydrogen) atoms. The van der Waals surface area contributed by atoms with Crippen LogP contribution in [0.15, 0.2) is 58.9 Å². The lowest BCUT2D eigenvalue weighted by Gasteiger charge is -2.25. The molecule has 1 heterocycles. The molecule has 3 rings (SSSR count). The van der Waals surface area contributed by atoms with Crippen LogP contribution >= 0.6 is 0 Å². The Balaban J connectivity index is 1.95. The van der Waals surface area contributed by atoms with Gasteiger partial charge in [-0.25, -0.2) is 5.01 Å². The maximum absolute atomic E-state index is 11.8. The molecule has 7 heteroatoms. The molecular weight excluding hydrogens is 296 g/mol. The Morgan fingerprint density at radius 1 is 1.22 bits per heavy atom. The zero-order chi connectivity index (χ0) is 16.2. The Labute approximate surface area is 133 Å². The largest absolute Gasteiger partial charge is 0.508 e. The van der Waals surface area contributed by atoms with Gasteiger partial charge in [-0.05, 0) is 23.8 Å². The van der Waals surface area contributed by atoms with Crippen LogP contribution in [-0.2, 0) is 16.0 Å². The number of cyclic esters (lactones) is 1. The number of hydrogen-bond donors (Lipinski definition) is 2. The van der Waals surface area contributed by atoms with Gasteiger partial charge in [0.15, 0.2) is 6.73 Å². The topological polar surface area (TPSA) is 101 Å². The van der Waals surface area contributed by atoms with E-state index >= 15 is 0 Å². The summed E-state index contributed by atoms with van der Waals surface area (Å²) in [6.07, 6.45) is 0.297. The lowest BCUT2D eigenvalue weighted by Crippen LogP contribution is -2.39. The second-order valence-corrected chi connectivity index (χ2v) is 5.14. The molecule has 1 aliphatic rings. The van der Waals surface area contributed by atoms with Gasteiger partial charge >= 0.3 is 5.97 Å². The first kappa shape index (κ1) is 15.0. The number of nitrogens with two attached hydrogens (primary N) is 1. The SMILES string of the molecule is NC1Cc2ccc(O)cc2N(N=Nc2ccccc2)COC1=O. The number of nitrogens with zero attached hydrogens (tertiary/aromatic N) is 3. The minimum Gasteiger partial charge on any atom is -0.508 e. The van der Waals surface area contributed by atoms with Crippen LogP contribution in [0.3, 0.4) is 0 Å². The summed E-state index contributed by atoms with van der Waals surface area (Å²) in [5, 5.41) is 19.4. The standard InChI is InChI=1S/C16H16N4O3/c17-14-8-11-6-7-13(21)9-15(11)20(10-23-16(14)22)19-18-12-4-2-1-3-5-12/h1-7,9,14,21H,8,10,17H2. The summed E-state index contributed by atoms with van der Waals surface area (Å²) in [6.45, 7) is -0.126. The van der Waals surface area contributed by atoms with Gasteiger partial charge in [-0.1, -0.05) is 29.5 Å². The summed E-state index contributed by atoms with van der Waals surface area (Å²) in [4.78, 5) is 11.8. The molecule has 0 saturated heterocycles. The summed E-state index contributed by atoms with van der Waals surface area (Å²) in [7, 11) is 0. The van der Waals surface area contributed by atoms with Crippen molar-refractivity contribution in [3.05, 3.63) is 54.1 Å². The summed E-state index contributed by atoms with van der Waals surface area (Å²) < 4.78 is 5.12. The van der Waals surface area contributed by atoms with Gasteiger partial charge in [0.1, 0.15) is 11.8 Å². The van der Waals surface area contributed by atoms with Crippen LogP contribution < -0.4 is 10.7 Å². The minimum atomic E-state index is -0.744. The van der Waals surface area contributed by atoms with E-state index in [9.17, 15) is 9.90 Å². The first-order valence-electron chi connectivity index (χ1n) is 7.12. The zero-order valence-electron chi connectivity index (χ0n) is 12.3. The number of rotatable bonds is 2. The van der Waals surface area contributed by atoms with Crippen LogP contribution in [0, 0.1) is 0 Å². The first-order chi connectivity index (χ1) is 11.1. The molecule has 0 aromatic heterocycles. The smallest absolute Gasteiger partial charge is 0.325 e. The number of ether oxygens (including phenoxy) is 1. The average Bonchev–Trinajstić information content (AvgIpc) is 2.56. The van der Waals surface area contributed by atoms with E-state index in [1.807, 2.05) is 18.2 Å². The van der Waals surface area contributed by atoms with Gasteiger partial charge in [-0.3, -0.25) is 4.79 Å². The molecule has 7 nitrogen and oxygen atoms in total. The lowest BCUT2D eigenvalue weighted by atomic mass is 10.0. The Kier molecular flexibility index (Phi) is 4.20. The van der Waals surface area contributed by atoms with Crippen LogP contribution in [0.2, 0.25) is 0 Å². The quantitative estimate of drug-likeness (QED) is 0.654. The van der Waals surface area contributed by atoms with Crippen molar-refractivity contribution in [1.29, 1.82) is 0 Å². The van der Waals surface area contributed by atoms with Gasteiger partial charge in [-0.2, -0.15) is 0 Å². The van der Waals surface area contributed by atoms with Crippen LogP contribution in [0.5, 0.6) is 5.75 Å². The third-order valence-corrected chi connectivity index (χ3v) is 3.44. The van der Waals surface area contributed by atoms with Gasteiger partial charge in [0.2, 0.25) is 0 Å². The molecule has 1 unspecified atom stereocenters. The number of aromatic hydroxyl groups is 1. The number of fused-ring (bicyclic) bond motifs is 1. The number of phenolic OH excluding ortho intramolecular Hbond substituents is 1. The number of carbonyl (C=O) groups is 1. The number of esters is 1. The fourth-order valence-electron chi connectivity index (χ4n) is 2.26. The monoisotopic (exact) mass is 312 g/mol. The Morgan fingerprint density at radius 3 is 2.78 bits per heavy atom. The third kappa shape index (κ3) is 3.46. The van der Waals surface area contributed by atoms with E-state index in [1.54, 1.807) is 30.3 Å². The number of carbonyl (C=O) groups excluding carboxylic acids is 1. The summed E-state index contributed by atoms with van der Waals surface area (Å²) >= 11 is 0. The van der Waals surface area contributed by atoms with Crippen molar-refractivity contribution in [1.82, 2.24) is 0 Å². The normalized spacial score (nSPS) is 18.2. The molecule has 0 aliphatic carbocycles. The van der Waals surface area contributed by atoms with E-state index < -0.39 is 12.0 Å². The predicted octanol–water partition coefficient (Wildman–Crippen LogP) is 2.28. The van der Waals surface area contributed by atoms with Crippen molar-refractivity contribution < 1.29 is 14.6 Å². The molecule has 1 atom stereocenters. The van der Waals surface area contributed by atoms with Gasteiger partial charge in [-0.15, -0.1) is 5.11 Å². The van der Waals surface area contributed by atoms with E-state index in [1.165, 1.54) is 5.01 Å². The van der Waals surface area contributed by atoms with E-state index in [2.05, 4.69) is 10.3 Å². The lowest BCUT2D eigenvalue weighted by molar-refractivity contribution is -0.145. The summed E-state index contributed by atoms with van der Waals surface area (Å²) in [6, 6.07) is 13.3. The van der Waals surface area contributed by atoms with Crippen molar-refractivity contribution in [2.45, 2.75) is 12.5 Å². The zero-order valence-corrected chi connectivity index (χ0v) is 12.3. The molecule has 0 radical (unpaired) electrons. The van der Waals surface area contributed by atoms with Gasteiger partial charge < -0.3 is 15.6 Å². The first-order valence-corrected chi connectivity index (χ1v) is 7.12. The molecule has 0 spiro atoms. The van der Waals surface area contributed by atoms with Crippen LogP contribution in [-0.4, -0.2) is 23.8 Å². The van der Waals surface area contributed by atoms with Crippen molar-refractivity contribution in [3.63, 3.8) is 0 Å². The van der Waals surface area contributed by atoms with Crippen molar-refractivity contribution in [3.8, 4) is 5.75 Å². The number of phenols is 1. The predicted molar refractivity (Wildman–Crippen MR) is 84.2 cm³/mol. The van der Waals surface area contributed by atoms with Crippen molar-refractivity contribution in [2.75, 3.05) is 11.7 Å². The molecule has 0 bridgehead atoms. The highest BCUT2D eigenvalue weighted by Gasteiger charge is 2.24. The number of benzene rings is 2. The summed E-state index contributed by atoms with van der Waals surface area (Å²) in [5.41, 5.74) is 7.86. The highest BCUT2D eigenvalue weighted by atomic mass is 16.5. The maximum atomic E-state index is 11.8. The Morgan fingerprint density at radius 2 is 2.00 bits per heavy atom. The van der Waals surface area contributed by atoms with Crippen LogP contribution in [0.25, 0.3) is 0 Å².